The van der Waals surface area contributed by atoms with Crippen LogP contribution in [-0.2, 0) is 27.8 Å². The number of ether oxygens (including phenoxy) is 1. The van der Waals surface area contributed by atoms with Gasteiger partial charge in [-0.05, 0) is 25.8 Å². The first-order valence-corrected chi connectivity index (χ1v) is 7.74. The zero-order chi connectivity index (χ0) is 18.0. The molecule has 6 nitrogen and oxygen atoms in total. The fourth-order valence-electron chi connectivity index (χ4n) is 2.83. The molecule has 1 aliphatic carbocycles. The van der Waals surface area contributed by atoms with E-state index in [-0.39, 0.29) is 25.9 Å². The standard InChI is InChI=1S/C15H20F3N3O3/c1-3-24-13(23)14(15(16,17)18,10-5-4-6-10)20-12(22)9-11-7-8-19-21(11)2/h7-8,10H,3-6,9H2,1-2H3,(H,20,22). The Bertz CT molecular complexity index is 611. The van der Waals surface area contributed by atoms with Crippen LogP contribution in [0.1, 0.15) is 31.9 Å². The number of aromatic nitrogens is 2. The Labute approximate surface area is 137 Å². The van der Waals surface area contributed by atoms with Gasteiger partial charge < -0.3 is 10.1 Å². The van der Waals surface area contributed by atoms with Crippen molar-refractivity contribution in [2.24, 2.45) is 13.0 Å². The van der Waals surface area contributed by atoms with E-state index in [1.54, 1.807) is 7.05 Å². The summed E-state index contributed by atoms with van der Waals surface area (Å²) in [4.78, 5) is 24.4. The van der Waals surface area contributed by atoms with Crippen molar-refractivity contribution in [2.45, 2.75) is 44.3 Å². The Morgan fingerprint density at radius 2 is 2.08 bits per heavy atom. The lowest BCUT2D eigenvalue weighted by atomic mass is 9.70. The number of esters is 1. The van der Waals surface area contributed by atoms with E-state index in [0.717, 1.165) is 0 Å². The van der Waals surface area contributed by atoms with E-state index in [2.05, 4.69) is 9.84 Å². The summed E-state index contributed by atoms with van der Waals surface area (Å²) in [5.41, 5.74) is -2.54. The lowest BCUT2D eigenvalue weighted by molar-refractivity contribution is -0.231. The van der Waals surface area contributed by atoms with Gasteiger partial charge in [0.25, 0.3) is 0 Å². The average molecular weight is 347 g/mol. The van der Waals surface area contributed by atoms with Gasteiger partial charge in [0.1, 0.15) is 0 Å². The number of nitrogens with one attached hydrogen (secondary N) is 1. The molecule has 134 valence electrons. The maximum Gasteiger partial charge on any atom is 0.422 e. The van der Waals surface area contributed by atoms with Gasteiger partial charge in [-0.25, -0.2) is 4.79 Å². The highest BCUT2D eigenvalue weighted by atomic mass is 19.4. The molecule has 0 aromatic carbocycles. The number of hydrogen-bond acceptors (Lipinski definition) is 4. The van der Waals surface area contributed by atoms with Crippen molar-refractivity contribution >= 4 is 11.9 Å². The van der Waals surface area contributed by atoms with Gasteiger partial charge in [0.2, 0.25) is 11.4 Å². The Balaban J connectivity index is 2.29. The predicted molar refractivity (Wildman–Crippen MR) is 77.8 cm³/mol. The maximum atomic E-state index is 13.8. The third-order valence-electron chi connectivity index (χ3n) is 4.36. The summed E-state index contributed by atoms with van der Waals surface area (Å²) < 4.78 is 47.5. The molecule has 1 amide bonds. The monoisotopic (exact) mass is 347 g/mol. The number of hydrogen-bond donors (Lipinski definition) is 1. The summed E-state index contributed by atoms with van der Waals surface area (Å²) in [5.74, 6) is -3.34. The summed E-state index contributed by atoms with van der Waals surface area (Å²) in [7, 11) is 1.58. The molecule has 1 fully saturated rings. The average Bonchev–Trinajstić information content (AvgIpc) is 2.80. The second-order valence-corrected chi connectivity index (χ2v) is 5.83. The van der Waals surface area contributed by atoms with Crippen LogP contribution in [0.15, 0.2) is 12.3 Å². The van der Waals surface area contributed by atoms with Crippen LogP contribution < -0.4 is 5.32 Å². The zero-order valence-corrected chi connectivity index (χ0v) is 13.5. The second-order valence-electron chi connectivity index (χ2n) is 5.83. The molecule has 0 saturated heterocycles. The van der Waals surface area contributed by atoms with Gasteiger partial charge in [-0.15, -0.1) is 0 Å². The molecule has 24 heavy (non-hydrogen) atoms. The third kappa shape index (κ3) is 3.25. The summed E-state index contributed by atoms with van der Waals surface area (Å²) in [6.07, 6.45) is -2.79. The number of amides is 1. The van der Waals surface area contributed by atoms with Crippen molar-refractivity contribution in [3.63, 3.8) is 0 Å². The molecule has 0 bridgehead atoms. The molecule has 0 spiro atoms. The Kier molecular flexibility index (Phi) is 5.19. The van der Waals surface area contributed by atoms with E-state index in [0.29, 0.717) is 12.1 Å². The van der Waals surface area contributed by atoms with Crippen molar-refractivity contribution in [1.29, 1.82) is 0 Å². The van der Waals surface area contributed by atoms with Crippen LogP contribution in [0.5, 0.6) is 0 Å². The van der Waals surface area contributed by atoms with Gasteiger partial charge in [0.15, 0.2) is 0 Å². The number of alkyl halides is 3. The number of carbonyl (C=O) groups excluding carboxylic acids is 2. The third-order valence-corrected chi connectivity index (χ3v) is 4.36. The van der Waals surface area contributed by atoms with Crippen LogP contribution in [0, 0.1) is 5.92 Å². The minimum absolute atomic E-state index is 0.193. The molecule has 9 heteroatoms. The van der Waals surface area contributed by atoms with E-state index in [9.17, 15) is 22.8 Å². The molecule has 0 radical (unpaired) electrons. The van der Waals surface area contributed by atoms with Crippen molar-refractivity contribution in [1.82, 2.24) is 15.1 Å². The van der Waals surface area contributed by atoms with Crippen molar-refractivity contribution in [3.05, 3.63) is 18.0 Å². The van der Waals surface area contributed by atoms with Crippen molar-refractivity contribution in [2.75, 3.05) is 6.61 Å². The van der Waals surface area contributed by atoms with Crippen LogP contribution in [0.2, 0.25) is 0 Å². The second kappa shape index (κ2) is 6.82. The van der Waals surface area contributed by atoms with Crippen LogP contribution in [-0.4, -0.2) is 40.0 Å². The van der Waals surface area contributed by atoms with Crippen LogP contribution in [0.4, 0.5) is 13.2 Å². The summed E-state index contributed by atoms with van der Waals surface area (Å²) in [6.45, 7) is 1.23. The van der Waals surface area contributed by atoms with Gasteiger partial charge in [0.05, 0.1) is 13.0 Å². The van der Waals surface area contributed by atoms with Gasteiger partial charge in [-0.2, -0.15) is 18.3 Å². The van der Waals surface area contributed by atoms with E-state index >= 15 is 0 Å². The lowest BCUT2D eigenvalue weighted by Gasteiger charge is -2.44. The first kappa shape index (κ1) is 18.3. The number of aryl methyl sites for hydroxylation is 1. The molecule has 1 unspecified atom stereocenters. The SMILES string of the molecule is CCOC(=O)C(NC(=O)Cc1ccnn1C)(C1CCC1)C(F)(F)F. The molecule has 1 saturated carbocycles. The molecular weight excluding hydrogens is 327 g/mol. The zero-order valence-electron chi connectivity index (χ0n) is 13.5. The fraction of sp³-hybridized carbons (Fsp3) is 0.667. The number of rotatable bonds is 6. The summed E-state index contributed by atoms with van der Waals surface area (Å²) in [6, 6.07) is 1.53. The first-order valence-electron chi connectivity index (χ1n) is 7.74. The van der Waals surface area contributed by atoms with Gasteiger partial charge in [-0.1, -0.05) is 6.42 Å². The van der Waals surface area contributed by atoms with Crippen molar-refractivity contribution < 1.29 is 27.5 Å². The van der Waals surface area contributed by atoms with Gasteiger partial charge >= 0.3 is 12.1 Å². The normalized spacial score (nSPS) is 17.7. The smallest absolute Gasteiger partial charge is 0.422 e. The highest BCUT2D eigenvalue weighted by molar-refractivity contribution is 5.90. The van der Waals surface area contributed by atoms with Crippen LogP contribution in [0.3, 0.4) is 0 Å². The quantitative estimate of drug-likeness (QED) is 0.796. The molecule has 2 rings (SSSR count). The van der Waals surface area contributed by atoms with Gasteiger partial charge in [-0.3, -0.25) is 9.48 Å². The van der Waals surface area contributed by atoms with E-state index in [1.807, 2.05) is 5.32 Å². The van der Waals surface area contributed by atoms with E-state index < -0.39 is 29.5 Å². The molecule has 1 aliphatic rings. The minimum Gasteiger partial charge on any atom is -0.464 e. The summed E-state index contributed by atoms with van der Waals surface area (Å²) >= 11 is 0. The Morgan fingerprint density at radius 1 is 1.42 bits per heavy atom. The molecule has 1 aromatic rings. The van der Waals surface area contributed by atoms with Crippen LogP contribution >= 0.6 is 0 Å². The number of carbonyl (C=O) groups is 2. The molecular formula is C15H20F3N3O3. The molecule has 1 aromatic heterocycles. The van der Waals surface area contributed by atoms with Crippen LogP contribution in [0.25, 0.3) is 0 Å². The minimum atomic E-state index is -4.94. The van der Waals surface area contributed by atoms with E-state index in [4.69, 9.17) is 0 Å². The van der Waals surface area contributed by atoms with Gasteiger partial charge in [0, 0.05) is 24.9 Å². The molecule has 0 aliphatic heterocycles. The van der Waals surface area contributed by atoms with E-state index in [1.165, 1.54) is 23.9 Å². The highest BCUT2D eigenvalue weighted by Gasteiger charge is 2.67. The molecule has 1 heterocycles. The highest BCUT2D eigenvalue weighted by Crippen LogP contribution is 2.46. The Morgan fingerprint density at radius 3 is 2.50 bits per heavy atom. The molecule has 1 atom stereocenters. The number of halogens is 3. The molecule has 1 N–H and O–H groups in total. The topological polar surface area (TPSA) is 73.2 Å². The fourth-order valence-corrected chi connectivity index (χ4v) is 2.83. The largest absolute Gasteiger partial charge is 0.464 e. The van der Waals surface area contributed by atoms with Crippen molar-refractivity contribution in [3.8, 4) is 0 Å². The predicted octanol–water partition coefficient (Wildman–Crippen LogP) is 1.74. The maximum absolute atomic E-state index is 13.8. The first-order chi connectivity index (χ1) is 11.2. The number of nitrogens with zero attached hydrogens (tertiary/aromatic N) is 2. The Hall–Kier alpha value is -2.06. The lowest BCUT2D eigenvalue weighted by Crippen LogP contribution is -2.70. The summed E-state index contributed by atoms with van der Waals surface area (Å²) in [5, 5.41) is 5.81.